The average Bonchev–Trinajstić information content (AvgIpc) is 1.85. The van der Waals surface area contributed by atoms with E-state index in [4.69, 9.17) is 0 Å². The third kappa shape index (κ3) is 2.70. The first-order valence-electron chi connectivity index (χ1n) is 4.32. The molecule has 0 spiro atoms. The number of carbonyl (C=O) groups excluding carboxylic acids is 1. The van der Waals surface area contributed by atoms with Crippen molar-refractivity contribution in [2.75, 3.05) is 5.33 Å². The first-order chi connectivity index (χ1) is 5.23. The van der Waals surface area contributed by atoms with Crippen LogP contribution in [0.15, 0.2) is 0 Å². The summed E-state index contributed by atoms with van der Waals surface area (Å²) >= 11 is 3.31. The lowest BCUT2D eigenvalue weighted by Crippen LogP contribution is -2.46. The molecule has 3 heteroatoms. The molecule has 12 heavy (non-hydrogen) atoms. The zero-order valence-electron chi connectivity index (χ0n) is 8.70. The van der Waals surface area contributed by atoms with E-state index in [1.807, 2.05) is 0 Å². The number of rotatable bonds is 3. The molecule has 0 heterocycles. The molecule has 0 bridgehead atoms. The smallest absolute Gasteiger partial charge is 0.132 e. The molecule has 0 aromatic heterocycles. The fourth-order valence-electron chi connectivity index (χ4n) is 0.817. The number of hydrogen-bond acceptors (Lipinski definition) is 1. The molecule has 0 fully saturated rings. The van der Waals surface area contributed by atoms with Crippen LogP contribution in [0, 0.1) is 0 Å². The van der Waals surface area contributed by atoms with Gasteiger partial charge in [0.05, 0.1) is 0 Å². The van der Waals surface area contributed by atoms with Crippen molar-refractivity contribution in [2.24, 2.45) is 0 Å². The predicted octanol–water partition coefficient (Wildman–Crippen LogP) is 3.39. The Morgan fingerprint density at radius 3 is 2.00 bits per heavy atom. The highest BCUT2D eigenvalue weighted by Gasteiger charge is 2.41. The second-order valence-corrected chi connectivity index (χ2v) is 10.8. The van der Waals surface area contributed by atoms with Crippen LogP contribution in [0.3, 0.4) is 0 Å². The number of halogens is 1. The zero-order chi connectivity index (χ0) is 9.99. The Labute approximate surface area is 85.1 Å². The highest BCUT2D eigenvalue weighted by Crippen LogP contribution is 2.36. The standard InChI is InChI=1S/C9H19BrOSi/c1-9(2,3)12(4,5)8(11)6-7-10/h6-7H2,1-5H3. The molecular formula is C9H19BrOSi. The molecule has 0 aromatic carbocycles. The molecule has 0 unspecified atom stereocenters. The largest absolute Gasteiger partial charge is 0.305 e. The van der Waals surface area contributed by atoms with Crippen molar-refractivity contribution in [3.63, 3.8) is 0 Å². The van der Waals surface area contributed by atoms with Crippen molar-refractivity contribution in [3.05, 3.63) is 0 Å². The third-order valence-corrected chi connectivity index (χ3v) is 8.68. The van der Waals surface area contributed by atoms with Gasteiger partial charge < -0.3 is 4.79 Å². The summed E-state index contributed by atoms with van der Waals surface area (Å²) in [7, 11) is -1.70. The fraction of sp³-hybridized carbons (Fsp3) is 0.889. The summed E-state index contributed by atoms with van der Waals surface area (Å²) in [5.41, 5.74) is 0. The second kappa shape index (κ2) is 4.05. The lowest BCUT2D eigenvalue weighted by molar-refractivity contribution is -0.112. The van der Waals surface area contributed by atoms with E-state index < -0.39 is 8.07 Å². The molecule has 0 radical (unpaired) electrons. The Hall–Kier alpha value is 0.367. The third-order valence-electron chi connectivity index (χ3n) is 2.89. The number of carbonyl (C=O) groups is 1. The van der Waals surface area contributed by atoms with E-state index in [-0.39, 0.29) is 5.04 Å². The van der Waals surface area contributed by atoms with Gasteiger partial charge in [0.15, 0.2) is 0 Å². The first kappa shape index (κ1) is 12.4. The highest BCUT2D eigenvalue weighted by molar-refractivity contribution is 9.09. The summed E-state index contributed by atoms with van der Waals surface area (Å²) in [5, 5.41) is 1.47. The number of hydrogen-bond donors (Lipinski definition) is 0. The van der Waals surface area contributed by atoms with Gasteiger partial charge in [0.1, 0.15) is 13.5 Å². The molecule has 0 saturated carbocycles. The second-order valence-electron chi connectivity index (χ2n) is 4.74. The molecule has 0 amide bonds. The van der Waals surface area contributed by atoms with Crippen LogP contribution < -0.4 is 0 Å². The maximum absolute atomic E-state index is 11.7. The molecule has 0 aliphatic carbocycles. The molecule has 72 valence electrons. The number of alkyl halides is 1. The van der Waals surface area contributed by atoms with E-state index in [2.05, 4.69) is 49.8 Å². The van der Waals surface area contributed by atoms with Gasteiger partial charge in [-0.25, -0.2) is 0 Å². The Morgan fingerprint density at radius 1 is 1.33 bits per heavy atom. The van der Waals surface area contributed by atoms with Gasteiger partial charge >= 0.3 is 0 Å². The van der Waals surface area contributed by atoms with Gasteiger partial charge in [0.25, 0.3) is 0 Å². The van der Waals surface area contributed by atoms with Crippen LogP contribution in [0.25, 0.3) is 0 Å². The molecule has 0 aliphatic rings. The van der Waals surface area contributed by atoms with Crippen molar-refractivity contribution in [2.45, 2.75) is 45.3 Å². The fourth-order valence-corrected chi connectivity index (χ4v) is 3.13. The summed E-state index contributed by atoms with van der Waals surface area (Å²) < 4.78 is 0. The summed E-state index contributed by atoms with van der Waals surface area (Å²) in [4.78, 5) is 11.7. The van der Waals surface area contributed by atoms with Crippen molar-refractivity contribution in [3.8, 4) is 0 Å². The average molecular weight is 251 g/mol. The van der Waals surface area contributed by atoms with Crippen LogP contribution in [0.5, 0.6) is 0 Å². The normalized spacial score (nSPS) is 13.2. The van der Waals surface area contributed by atoms with E-state index in [0.29, 0.717) is 11.8 Å². The molecule has 0 aliphatic heterocycles. The van der Waals surface area contributed by atoms with Crippen LogP contribution in [-0.2, 0) is 4.79 Å². The van der Waals surface area contributed by atoms with E-state index in [0.717, 1.165) is 5.33 Å². The molecule has 0 rings (SSSR count). The maximum Gasteiger partial charge on any atom is 0.132 e. The van der Waals surface area contributed by atoms with Gasteiger partial charge in [0.2, 0.25) is 0 Å². The van der Waals surface area contributed by atoms with E-state index >= 15 is 0 Å². The molecule has 0 N–H and O–H groups in total. The van der Waals surface area contributed by atoms with Gasteiger partial charge in [-0.15, -0.1) is 0 Å². The summed E-state index contributed by atoms with van der Waals surface area (Å²) in [6, 6.07) is 0. The van der Waals surface area contributed by atoms with Crippen LogP contribution in [-0.4, -0.2) is 18.8 Å². The molecule has 0 atom stereocenters. The van der Waals surface area contributed by atoms with Crippen molar-refractivity contribution in [1.82, 2.24) is 0 Å². The van der Waals surface area contributed by atoms with Crippen LogP contribution in [0.1, 0.15) is 27.2 Å². The van der Waals surface area contributed by atoms with E-state index in [9.17, 15) is 4.79 Å². The van der Waals surface area contributed by atoms with Gasteiger partial charge in [-0.1, -0.05) is 49.8 Å². The van der Waals surface area contributed by atoms with Crippen molar-refractivity contribution >= 4 is 29.4 Å². The lowest BCUT2D eigenvalue weighted by atomic mass is 10.2. The molecular weight excluding hydrogens is 232 g/mol. The minimum atomic E-state index is -1.70. The van der Waals surface area contributed by atoms with Crippen LogP contribution in [0.2, 0.25) is 18.1 Å². The van der Waals surface area contributed by atoms with Gasteiger partial charge in [0, 0.05) is 11.8 Å². The van der Waals surface area contributed by atoms with Crippen molar-refractivity contribution in [1.29, 1.82) is 0 Å². The predicted molar refractivity (Wildman–Crippen MR) is 60.6 cm³/mol. The van der Waals surface area contributed by atoms with Gasteiger partial charge in [-0.2, -0.15) is 0 Å². The summed E-state index contributed by atoms with van der Waals surface area (Å²) in [6.45, 7) is 10.8. The van der Waals surface area contributed by atoms with Crippen LogP contribution in [0.4, 0.5) is 0 Å². The van der Waals surface area contributed by atoms with Crippen molar-refractivity contribution < 1.29 is 4.79 Å². The summed E-state index contributed by atoms with van der Waals surface area (Å²) in [5.74, 6) is 0. The van der Waals surface area contributed by atoms with Gasteiger partial charge in [-0.05, 0) is 5.04 Å². The minimum Gasteiger partial charge on any atom is -0.305 e. The maximum atomic E-state index is 11.7. The Balaban J connectivity index is 4.50. The SMILES string of the molecule is CC(C)(C)[Si](C)(C)C(=O)CCBr. The monoisotopic (exact) mass is 250 g/mol. The summed E-state index contributed by atoms with van der Waals surface area (Å²) in [6.07, 6.45) is 0.691. The Kier molecular flexibility index (Phi) is 4.17. The zero-order valence-corrected chi connectivity index (χ0v) is 11.3. The quantitative estimate of drug-likeness (QED) is 0.555. The van der Waals surface area contributed by atoms with E-state index in [1.54, 1.807) is 0 Å². The molecule has 0 saturated heterocycles. The van der Waals surface area contributed by atoms with Gasteiger partial charge in [-0.3, -0.25) is 0 Å². The Bertz CT molecular complexity index is 170. The minimum absolute atomic E-state index is 0.187. The molecule has 1 nitrogen and oxygen atoms in total. The first-order valence-corrected chi connectivity index (χ1v) is 8.45. The van der Waals surface area contributed by atoms with E-state index in [1.165, 1.54) is 0 Å². The van der Waals surface area contributed by atoms with Crippen LogP contribution >= 0.6 is 15.9 Å². The Morgan fingerprint density at radius 2 is 1.75 bits per heavy atom. The topological polar surface area (TPSA) is 17.1 Å². The molecule has 0 aromatic rings. The highest BCUT2D eigenvalue weighted by atomic mass is 79.9. The lowest BCUT2D eigenvalue weighted by Gasteiger charge is -2.34.